The largest absolute Gasteiger partial charge is 0.368 e. The molecule has 2 saturated heterocycles. The van der Waals surface area contributed by atoms with Crippen molar-refractivity contribution in [3.63, 3.8) is 0 Å². The highest BCUT2D eigenvalue weighted by Crippen LogP contribution is 2.26. The van der Waals surface area contributed by atoms with Crippen LogP contribution in [0.3, 0.4) is 0 Å². The fourth-order valence-corrected chi connectivity index (χ4v) is 6.62. The van der Waals surface area contributed by atoms with Crippen molar-refractivity contribution in [2.75, 3.05) is 64.0 Å². The summed E-state index contributed by atoms with van der Waals surface area (Å²) in [5.74, 6) is 1.72. The molecule has 0 bridgehead atoms. The van der Waals surface area contributed by atoms with Gasteiger partial charge in [-0.2, -0.15) is 20.1 Å². The van der Waals surface area contributed by atoms with Gasteiger partial charge in [0.25, 0.3) is 10.0 Å². The summed E-state index contributed by atoms with van der Waals surface area (Å²) in [6, 6.07) is 15.8. The van der Waals surface area contributed by atoms with Crippen LogP contribution in [0.4, 0.5) is 34.9 Å². The number of anilines is 6. The van der Waals surface area contributed by atoms with Crippen molar-refractivity contribution in [3.8, 4) is 0 Å². The number of fused-ring (bicyclic) bond motifs is 1. The van der Waals surface area contributed by atoms with Crippen LogP contribution in [0.25, 0.3) is 10.9 Å². The predicted molar refractivity (Wildman–Crippen MR) is 171 cm³/mol. The quantitative estimate of drug-likeness (QED) is 0.234. The maximum Gasteiger partial charge on any atom is 0.261 e. The number of H-pyrrole nitrogens is 1. The summed E-state index contributed by atoms with van der Waals surface area (Å²) in [5, 5.41) is 11.0. The number of rotatable bonds is 8. The molecule has 5 aromatic rings. The molecule has 5 heterocycles. The number of piperidine rings is 1. The van der Waals surface area contributed by atoms with E-state index in [4.69, 9.17) is 15.0 Å². The average molecular weight is 612 g/mol. The number of sulfonamides is 1. The zero-order valence-electron chi connectivity index (χ0n) is 24.1. The van der Waals surface area contributed by atoms with Crippen molar-refractivity contribution in [1.29, 1.82) is 0 Å². The lowest BCUT2D eigenvalue weighted by molar-refractivity contribution is 0.566. The molecule has 44 heavy (non-hydrogen) atoms. The second kappa shape index (κ2) is 12.0. The summed E-state index contributed by atoms with van der Waals surface area (Å²) < 4.78 is 28.8. The van der Waals surface area contributed by atoms with Gasteiger partial charge in [-0.3, -0.25) is 14.8 Å². The number of nitrogens with one attached hydrogen (secondary N) is 3. The molecule has 226 valence electrons. The number of hydrogen-bond acceptors (Lipinski definition) is 11. The third-order valence-corrected chi connectivity index (χ3v) is 9.35. The lowest BCUT2D eigenvalue weighted by Gasteiger charge is -2.36. The van der Waals surface area contributed by atoms with Gasteiger partial charge < -0.3 is 20.0 Å². The SMILES string of the molecule is O=S(=O)(Nc1ccc2cn[nH]c2c1)c1ccc(Nc2nc(N3CCCCC3)nc(N3CCN(c4ccncc4)CC3)n2)cc1. The van der Waals surface area contributed by atoms with Crippen molar-refractivity contribution in [1.82, 2.24) is 30.1 Å². The molecule has 3 N–H and O–H groups in total. The molecule has 14 heteroatoms. The number of benzene rings is 2. The van der Waals surface area contributed by atoms with Crippen LogP contribution < -0.4 is 24.7 Å². The zero-order valence-corrected chi connectivity index (χ0v) is 24.9. The highest BCUT2D eigenvalue weighted by atomic mass is 32.2. The minimum Gasteiger partial charge on any atom is -0.368 e. The van der Waals surface area contributed by atoms with Crippen molar-refractivity contribution in [2.24, 2.45) is 0 Å². The summed E-state index contributed by atoms with van der Waals surface area (Å²) in [7, 11) is -3.80. The molecule has 13 nitrogen and oxygen atoms in total. The van der Waals surface area contributed by atoms with E-state index < -0.39 is 10.0 Å². The monoisotopic (exact) mass is 611 g/mol. The average Bonchev–Trinajstić information content (AvgIpc) is 3.54. The second-order valence-electron chi connectivity index (χ2n) is 10.9. The molecule has 0 atom stereocenters. The minimum atomic E-state index is -3.80. The Balaban J connectivity index is 1.08. The van der Waals surface area contributed by atoms with Gasteiger partial charge in [0.1, 0.15) is 0 Å². The summed E-state index contributed by atoms with van der Waals surface area (Å²) >= 11 is 0. The molecule has 0 unspecified atom stereocenters. The van der Waals surface area contributed by atoms with E-state index in [1.165, 1.54) is 6.42 Å². The molecule has 2 aliphatic heterocycles. The van der Waals surface area contributed by atoms with E-state index in [9.17, 15) is 8.42 Å². The zero-order chi connectivity index (χ0) is 29.9. The maximum atomic E-state index is 13.1. The number of hydrogen-bond donors (Lipinski definition) is 3. The molecule has 2 aromatic carbocycles. The van der Waals surface area contributed by atoms with Crippen LogP contribution in [0.15, 0.2) is 78.1 Å². The Kier molecular flexibility index (Phi) is 7.56. The van der Waals surface area contributed by atoms with Gasteiger partial charge in [0.05, 0.1) is 22.3 Å². The van der Waals surface area contributed by atoms with Gasteiger partial charge in [-0.1, -0.05) is 0 Å². The Morgan fingerprint density at radius 2 is 1.36 bits per heavy atom. The number of pyridine rings is 1. The molecule has 0 aliphatic carbocycles. The molecule has 2 fully saturated rings. The highest BCUT2D eigenvalue weighted by molar-refractivity contribution is 7.92. The van der Waals surface area contributed by atoms with Crippen LogP contribution in [0, 0.1) is 0 Å². The smallest absolute Gasteiger partial charge is 0.261 e. The Labute approximate surface area is 255 Å². The second-order valence-corrected chi connectivity index (χ2v) is 12.6. The Bertz CT molecular complexity index is 1830. The molecule has 0 radical (unpaired) electrons. The standard InChI is InChI=1S/C30H33N11O2S/c42-44(43,38-24-5-4-22-21-32-37-27(22)20-24)26-8-6-23(7-9-26)33-28-34-29(40-14-2-1-3-15-40)36-30(35-28)41-18-16-39(17-19-41)25-10-12-31-13-11-25/h4-13,20-21,38H,1-3,14-19H2,(H,32,37)(H,33,34,35,36). The van der Waals surface area contributed by atoms with Crippen molar-refractivity contribution in [3.05, 3.63) is 73.2 Å². The predicted octanol–water partition coefficient (Wildman–Crippen LogP) is 4.00. The topological polar surface area (TPSA) is 148 Å². The summed E-state index contributed by atoms with van der Waals surface area (Å²) in [6.45, 7) is 5.06. The van der Waals surface area contributed by atoms with Gasteiger partial charge in [-0.25, -0.2) is 8.42 Å². The van der Waals surface area contributed by atoms with Gasteiger partial charge in [0.15, 0.2) is 0 Å². The van der Waals surface area contributed by atoms with Crippen LogP contribution in [0.5, 0.6) is 0 Å². The third kappa shape index (κ3) is 6.06. The number of aromatic amines is 1. The van der Waals surface area contributed by atoms with Crippen molar-refractivity contribution >= 4 is 55.8 Å². The van der Waals surface area contributed by atoms with Crippen LogP contribution in [-0.4, -0.2) is 77.8 Å². The van der Waals surface area contributed by atoms with E-state index in [1.807, 2.05) is 30.6 Å². The van der Waals surface area contributed by atoms with Gasteiger partial charge in [-0.05, 0) is 73.9 Å². The van der Waals surface area contributed by atoms with Gasteiger partial charge in [0.2, 0.25) is 17.8 Å². The van der Waals surface area contributed by atoms with Crippen LogP contribution in [-0.2, 0) is 10.0 Å². The van der Waals surface area contributed by atoms with E-state index >= 15 is 0 Å². The summed E-state index contributed by atoms with van der Waals surface area (Å²) in [6.07, 6.45) is 8.74. The molecule has 3 aromatic heterocycles. The Morgan fingerprint density at radius 3 is 2.09 bits per heavy atom. The molecule has 0 amide bonds. The van der Waals surface area contributed by atoms with Gasteiger partial charge in [-0.15, -0.1) is 0 Å². The third-order valence-electron chi connectivity index (χ3n) is 7.96. The first-order valence-electron chi connectivity index (χ1n) is 14.7. The van der Waals surface area contributed by atoms with E-state index in [0.29, 0.717) is 29.2 Å². The maximum absolute atomic E-state index is 13.1. The number of aromatic nitrogens is 6. The molecule has 2 aliphatic rings. The molecular formula is C30H33N11O2S. The van der Waals surface area contributed by atoms with E-state index in [2.05, 4.69) is 39.9 Å². The molecule has 0 saturated carbocycles. The normalized spacial score (nSPS) is 15.9. The van der Waals surface area contributed by atoms with Crippen LogP contribution in [0.1, 0.15) is 19.3 Å². The fraction of sp³-hybridized carbons (Fsp3) is 0.300. The Hall–Kier alpha value is -4.98. The first-order valence-corrected chi connectivity index (χ1v) is 16.2. The van der Waals surface area contributed by atoms with Gasteiger partial charge in [0, 0.05) is 68.4 Å². The lowest BCUT2D eigenvalue weighted by Crippen LogP contribution is -2.47. The molecule has 0 spiro atoms. The number of nitrogens with zero attached hydrogens (tertiary/aromatic N) is 8. The van der Waals surface area contributed by atoms with Gasteiger partial charge >= 0.3 is 0 Å². The van der Waals surface area contributed by atoms with Crippen molar-refractivity contribution in [2.45, 2.75) is 24.2 Å². The molecule has 7 rings (SSSR count). The van der Waals surface area contributed by atoms with E-state index in [-0.39, 0.29) is 4.90 Å². The summed E-state index contributed by atoms with van der Waals surface area (Å²) in [5.41, 5.74) is 3.04. The van der Waals surface area contributed by atoms with Crippen molar-refractivity contribution < 1.29 is 8.42 Å². The first-order chi connectivity index (χ1) is 21.5. The minimum absolute atomic E-state index is 0.144. The summed E-state index contributed by atoms with van der Waals surface area (Å²) in [4.78, 5) is 25.5. The Morgan fingerprint density at radius 1 is 0.705 bits per heavy atom. The van der Waals surface area contributed by atoms with E-state index in [0.717, 1.165) is 68.7 Å². The fourth-order valence-electron chi connectivity index (χ4n) is 5.57. The van der Waals surface area contributed by atoms with Crippen LogP contribution in [0.2, 0.25) is 0 Å². The number of piperazine rings is 1. The highest BCUT2D eigenvalue weighted by Gasteiger charge is 2.23. The van der Waals surface area contributed by atoms with Crippen LogP contribution >= 0.6 is 0 Å². The van der Waals surface area contributed by atoms with E-state index in [1.54, 1.807) is 42.6 Å². The first kappa shape index (κ1) is 27.8. The molecular weight excluding hydrogens is 578 g/mol. The lowest BCUT2D eigenvalue weighted by atomic mass is 10.1.